The lowest BCUT2D eigenvalue weighted by Gasteiger charge is -2.37. The molecule has 4 rings (SSSR count). The van der Waals surface area contributed by atoms with Crippen molar-refractivity contribution in [3.63, 3.8) is 0 Å². The van der Waals surface area contributed by atoms with Crippen LogP contribution >= 0.6 is 11.3 Å². The van der Waals surface area contributed by atoms with Crippen molar-refractivity contribution in [3.8, 4) is 0 Å². The van der Waals surface area contributed by atoms with Crippen LogP contribution in [0.25, 0.3) is 0 Å². The summed E-state index contributed by atoms with van der Waals surface area (Å²) in [4.78, 5) is 22.1. The van der Waals surface area contributed by atoms with Crippen molar-refractivity contribution in [1.82, 2.24) is 14.8 Å². The Hall–Kier alpha value is -2.50. The minimum absolute atomic E-state index is 0.0421. The third-order valence-corrected chi connectivity index (χ3v) is 6.73. The molecule has 2 aromatic carbocycles. The fourth-order valence-electron chi connectivity index (χ4n) is 4.09. The molecule has 30 heavy (non-hydrogen) atoms. The van der Waals surface area contributed by atoms with E-state index in [9.17, 15) is 4.79 Å². The molecule has 4 nitrogen and oxygen atoms in total. The number of hydrogen-bond donors (Lipinski definition) is 0. The van der Waals surface area contributed by atoms with Crippen LogP contribution in [-0.4, -0.2) is 53.4 Å². The smallest absolute Gasteiger partial charge is 0.273 e. The summed E-state index contributed by atoms with van der Waals surface area (Å²) in [5, 5.41) is 2.90. The van der Waals surface area contributed by atoms with Gasteiger partial charge in [-0.2, -0.15) is 0 Å². The molecular weight excluding hydrogens is 390 g/mol. The van der Waals surface area contributed by atoms with Crippen LogP contribution in [-0.2, 0) is 12.8 Å². The highest BCUT2D eigenvalue weighted by Gasteiger charge is 2.27. The molecule has 0 unspecified atom stereocenters. The van der Waals surface area contributed by atoms with Gasteiger partial charge in [0.05, 0.1) is 5.01 Å². The van der Waals surface area contributed by atoms with Gasteiger partial charge in [-0.1, -0.05) is 60.7 Å². The molecule has 2 heterocycles. The normalized spacial score (nSPS) is 17.0. The van der Waals surface area contributed by atoms with Gasteiger partial charge in [0.25, 0.3) is 5.91 Å². The van der Waals surface area contributed by atoms with E-state index >= 15 is 0 Å². The number of carbonyl (C=O) groups excluding carboxylic acids is 1. The van der Waals surface area contributed by atoms with Gasteiger partial charge in [0.2, 0.25) is 0 Å². The number of aromatic nitrogens is 1. The minimum atomic E-state index is 0.0421. The zero-order valence-electron chi connectivity index (χ0n) is 17.5. The van der Waals surface area contributed by atoms with Gasteiger partial charge in [0.1, 0.15) is 5.69 Å². The number of thiazole rings is 1. The molecule has 1 aliphatic heterocycles. The number of hydrogen-bond acceptors (Lipinski definition) is 4. The lowest BCUT2D eigenvalue weighted by atomic mass is 10.0. The molecule has 1 fully saturated rings. The second-order valence-corrected chi connectivity index (χ2v) is 8.98. The van der Waals surface area contributed by atoms with Crippen molar-refractivity contribution in [2.24, 2.45) is 0 Å². The third kappa shape index (κ3) is 5.35. The first-order valence-corrected chi connectivity index (χ1v) is 11.6. The first kappa shape index (κ1) is 20.8. The molecule has 0 spiro atoms. The molecule has 1 aromatic heterocycles. The molecule has 1 aliphatic rings. The van der Waals surface area contributed by atoms with Gasteiger partial charge >= 0.3 is 0 Å². The highest BCUT2D eigenvalue weighted by molar-refractivity contribution is 7.09. The van der Waals surface area contributed by atoms with Gasteiger partial charge < -0.3 is 9.80 Å². The number of benzene rings is 2. The van der Waals surface area contributed by atoms with E-state index in [1.54, 1.807) is 11.3 Å². The summed E-state index contributed by atoms with van der Waals surface area (Å²) in [6.07, 6.45) is 4.03. The van der Waals surface area contributed by atoms with Crippen molar-refractivity contribution in [3.05, 3.63) is 87.9 Å². The third-order valence-electron chi connectivity index (χ3n) is 5.88. The summed E-state index contributed by atoms with van der Waals surface area (Å²) in [6, 6.07) is 21.2. The summed E-state index contributed by atoms with van der Waals surface area (Å²) >= 11 is 1.57. The molecule has 1 atom stereocenters. The number of likely N-dealkylation sites (N-methyl/N-ethyl adjacent to an activating group) is 1. The Labute approximate surface area is 183 Å². The van der Waals surface area contributed by atoms with Gasteiger partial charge in [0, 0.05) is 38.0 Å². The molecule has 156 valence electrons. The summed E-state index contributed by atoms with van der Waals surface area (Å²) in [6.45, 7) is 3.10. The fourth-order valence-corrected chi connectivity index (χ4v) is 4.89. The average Bonchev–Trinajstić information content (AvgIpc) is 3.27. The fraction of sp³-hybridized carbons (Fsp3) is 0.360. The lowest BCUT2D eigenvalue weighted by Crippen LogP contribution is -2.49. The topological polar surface area (TPSA) is 36.4 Å². The van der Waals surface area contributed by atoms with Gasteiger partial charge in [-0.3, -0.25) is 4.79 Å². The Balaban J connectivity index is 1.33. The Morgan fingerprint density at radius 3 is 2.53 bits per heavy atom. The zero-order chi connectivity index (χ0) is 20.8. The second-order valence-electron chi connectivity index (χ2n) is 8.04. The van der Waals surface area contributed by atoms with E-state index in [1.165, 1.54) is 11.1 Å². The van der Waals surface area contributed by atoms with Gasteiger partial charge in [0.15, 0.2) is 0 Å². The van der Waals surface area contributed by atoms with E-state index in [0.717, 1.165) is 50.3 Å². The van der Waals surface area contributed by atoms with Crippen LogP contribution < -0.4 is 0 Å². The highest BCUT2D eigenvalue weighted by Crippen LogP contribution is 2.20. The number of amides is 1. The molecule has 5 heteroatoms. The molecule has 0 aliphatic carbocycles. The van der Waals surface area contributed by atoms with Crippen molar-refractivity contribution in [2.75, 3.05) is 26.7 Å². The summed E-state index contributed by atoms with van der Waals surface area (Å²) in [5.74, 6) is 0.0421. The standard InChI is InChI=1S/C25H29N3OS/c1-27(22-13-8-15-28(18-22)16-14-20-9-4-2-5-10-20)25(29)23-19-30-24(26-23)17-21-11-6-3-7-12-21/h2-7,9-12,19,22H,8,13-18H2,1H3/t22-/m1/s1. The van der Waals surface area contributed by atoms with Crippen LogP contribution in [0.5, 0.6) is 0 Å². The number of piperidine rings is 1. The van der Waals surface area contributed by atoms with E-state index in [0.29, 0.717) is 5.69 Å². The molecule has 0 saturated carbocycles. The van der Waals surface area contributed by atoms with Gasteiger partial charge in [-0.05, 0) is 36.9 Å². The highest BCUT2D eigenvalue weighted by atomic mass is 32.1. The van der Waals surface area contributed by atoms with Crippen molar-refractivity contribution >= 4 is 17.2 Å². The molecule has 1 amide bonds. The van der Waals surface area contributed by atoms with E-state index in [2.05, 4.69) is 52.3 Å². The molecular formula is C25H29N3OS. The predicted octanol–water partition coefficient (Wildman–Crippen LogP) is 4.51. The Morgan fingerprint density at radius 1 is 1.10 bits per heavy atom. The van der Waals surface area contributed by atoms with E-state index in [4.69, 9.17) is 0 Å². The number of carbonyl (C=O) groups is 1. The van der Waals surface area contributed by atoms with E-state index in [1.807, 2.05) is 35.5 Å². The zero-order valence-corrected chi connectivity index (χ0v) is 18.4. The van der Waals surface area contributed by atoms with Crippen molar-refractivity contribution in [2.45, 2.75) is 31.7 Å². The first-order chi connectivity index (χ1) is 14.7. The quantitative estimate of drug-likeness (QED) is 0.565. The largest absolute Gasteiger partial charge is 0.336 e. The summed E-state index contributed by atoms with van der Waals surface area (Å²) in [5.41, 5.74) is 3.17. The Morgan fingerprint density at radius 2 is 1.80 bits per heavy atom. The van der Waals surface area contributed by atoms with Gasteiger partial charge in [-0.25, -0.2) is 4.98 Å². The number of nitrogens with zero attached hydrogens (tertiary/aromatic N) is 3. The SMILES string of the molecule is CN(C(=O)c1csc(Cc2ccccc2)n1)[C@@H]1CCCN(CCc2ccccc2)C1. The van der Waals surface area contributed by atoms with Crippen molar-refractivity contribution in [1.29, 1.82) is 0 Å². The Kier molecular flexibility index (Phi) is 6.92. The van der Waals surface area contributed by atoms with Crippen LogP contribution in [0.1, 0.15) is 39.5 Å². The first-order valence-electron chi connectivity index (χ1n) is 10.7. The lowest BCUT2D eigenvalue weighted by molar-refractivity contribution is 0.0614. The van der Waals surface area contributed by atoms with Crippen LogP contribution in [0.15, 0.2) is 66.0 Å². The molecule has 0 N–H and O–H groups in total. The molecule has 0 radical (unpaired) electrons. The monoisotopic (exact) mass is 419 g/mol. The van der Waals surface area contributed by atoms with Crippen molar-refractivity contribution < 1.29 is 4.79 Å². The van der Waals surface area contributed by atoms with Gasteiger partial charge in [-0.15, -0.1) is 11.3 Å². The molecule has 0 bridgehead atoms. The minimum Gasteiger partial charge on any atom is -0.336 e. The maximum atomic E-state index is 13.0. The van der Waals surface area contributed by atoms with Crippen LogP contribution in [0.2, 0.25) is 0 Å². The second kappa shape index (κ2) is 10.0. The van der Waals surface area contributed by atoms with Crippen LogP contribution in [0, 0.1) is 0 Å². The molecule has 3 aromatic rings. The summed E-state index contributed by atoms with van der Waals surface area (Å²) < 4.78 is 0. The maximum absolute atomic E-state index is 13.0. The Bertz CT molecular complexity index is 941. The van der Waals surface area contributed by atoms with E-state index < -0.39 is 0 Å². The number of likely N-dealkylation sites (tertiary alicyclic amines) is 1. The average molecular weight is 420 g/mol. The van der Waals surface area contributed by atoms with E-state index in [-0.39, 0.29) is 11.9 Å². The predicted molar refractivity (Wildman–Crippen MR) is 123 cm³/mol. The number of rotatable bonds is 7. The van der Waals surface area contributed by atoms with Crippen LogP contribution in [0.3, 0.4) is 0 Å². The summed E-state index contributed by atoms with van der Waals surface area (Å²) in [7, 11) is 1.93. The van der Waals surface area contributed by atoms with Crippen LogP contribution in [0.4, 0.5) is 0 Å². The molecule has 1 saturated heterocycles. The maximum Gasteiger partial charge on any atom is 0.273 e.